The van der Waals surface area contributed by atoms with Crippen molar-refractivity contribution in [2.45, 2.75) is 38.3 Å². The Morgan fingerprint density at radius 3 is 2.48 bits per heavy atom. The minimum absolute atomic E-state index is 0.0168. The number of rotatable bonds is 7. The maximum absolute atomic E-state index is 12.5. The van der Waals surface area contributed by atoms with Crippen LogP contribution in [0.2, 0.25) is 0 Å². The van der Waals surface area contributed by atoms with E-state index in [1.807, 2.05) is 42.1 Å². The van der Waals surface area contributed by atoms with Gasteiger partial charge in [0.25, 0.3) is 5.91 Å². The van der Waals surface area contributed by atoms with Gasteiger partial charge >= 0.3 is 6.03 Å². The van der Waals surface area contributed by atoms with Gasteiger partial charge in [-0.15, -0.1) is 0 Å². The summed E-state index contributed by atoms with van der Waals surface area (Å²) in [5, 5.41) is 5.93. The van der Waals surface area contributed by atoms with Crippen LogP contribution in [0.5, 0.6) is 0 Å². The number of nitrogens with one attached hydrogen (secondary N) is 2. The summed E-state index contributed by atoms with van der Waals surface area (Å²) in [6.45, 7) is 5.37. The molecule has 0 unspecified atom stereocenters. The van der Waals surface area contributed by atoms with E-state index in [0.717, 1.165) is 44.3 Å². The van der Waals surface area contributed by atoms with Gasteiger partial charge in [0.2, 0.25) is 0 Å². The second-order valence-corrected chi connectivity index (χ2v) is 8.38. The smallest absolute Gasteiger partial charge is 0.317 e. The molecule has 1 aromatic rings. The highest BCUT2D eigenvalue weighted by molar-refractivity contribution is 5.94. The number of nitrogens with zero attached hydrogens (tertiary/aromatic N) is 3. The maximum atomic E-state index is 12.5. The first kappa shape index (κ1) is 21.6. The van der Waals surface area contributed by atoms with Crippen LogP contribution >= 0.6 is 0 Å². The van der Waals surface area contributed by atoms with Crippen LogP contribution in [0.15, 0.2) is 24.3 Å². The molecule has 0 radical (unpaired) electrons. The van der Waals surface area contributed by atoms with E-state index >= 15 is 0 Å². The molecule has 1 aliphatic heterocycles. The number of amides is 3. The lowest BCUT2D eigenvalue weighted by atomic mass is 10.1. The lowest BCUT2D eigenvalue weighted by molar-refractivity contribution is 0.0951. The molecule has 2 fully saturated rings. The number of carbonyl (C=O) groups excluding carboxylic acids is 2. The van der Waals surface area contributed by atoms with Crippen LogP contribution in [-0.4, -0.2) is 86.0 Å². The molecule has 1 saturated heterocycles. The Bertz CT molecular complexity index is 680. The van der Waals surface area contributed by atoms with Gasteiger partial charge in [-0.05, 0) is 44.6 Å². The molecule has 7 heteroatoms. The molecular weight excluding hydrogens is 366 g/mol. The van der Waals surface area contributed by atoms with Gasteiger partial charge in [-0.3, -0.25) is 9.69 Å². The second kappa shape index (κ2) is 10.6. The third kappa shape index (κ3) is 6.44. The first-order chi connectivity index (χ1) is 14.0. The summed E-state index contributed by atoms with van der Waals surface area (Å²) in [6, 6.07) is 8.17. The van der Waals surface area contributed by atoms with Crippen molar-refractivity contribution in [3.8, 4) is 0 Å². The fourth-order valence-electron chi connectivity index (χ4n) is 4.17. The molecule has 1 aliphatic carbocycles. The van der Waals surface area contributed by atoms with Crippen molar-refractivity contribution in [2.75, 3.05) is 53.4 Å². The van der Waals surface area contributed by atoms with Crippen molar-refractivity contribution < 1.29 is 9.59 Å². The fourth-order valence-corrected chi connectivity index (χ4v) is 4.17. The highest BCUT2D eigenvalue weighted by Gasteiger charge is 2.27. The van der Waals surface area contributed by atoms with Crippen LogP contribution in [0.4, 0.5) is 4.79 Å². The molecule has 1 saturated carbocycles. The predicted molar refractivity (Wildman–Crippen MR) is 115 cm³/mol. The van der Waals surface area contributed by atoms with Gasteiger partial charge in [0, 0.05) is 57.4 Å². The van der Waals surface area contributed by atoms with Gasteiger partial charge < -0.3 is 20.4 Å². The SMILES string of the molecule is CN(C)CCNC(=O)c1cccc(CNC(=O)N2CCN(C3CCCC3)CC2)c1. The summed E-state index contributed by atoms with van der Waals surface area (Å²) in [4.78, 5) is 31.3. The first-order valence-corrected chi connectivity index (χ1v) is 10.8. The summed E-state index contributed by atoms with van der Waals surface area (Å²) in [5.41, 5.74) is 1.56. The molecule has 1 heterocycles. The summed E-state index contributed by atoms with van der Waals surface area (Å²) < 4.78 is 0. The van der Waals surface area contributed by atoms with Gasteiger partial charge in [0.1, 0.15) is 0 Å². The average molecular weight is 402 g/mol. The average Bonchev–Trinajstić information content (AvgIpc) is 3.27. The highest BCUT2D eigenvalue weighted by Crippen LogP contribution is 2.24. The zero-order valence-electron chi connectivity index (χ0n) is 17.8. The van der Waals surface area contributed by atoms with Crippen LogP contribution in [0.1, 0.15) is 41.6 Å². The highest BCUT2D eigenvalue weighted by atomic mass is 16.2. The minimum atomic E-state index is -0.0805. The van der Waals surface area contributed by atoms with E-state index in [0.29, 0.717) is 18.7 Å². The Kier molecular flexibility index (Phi) is 7.89. The van der Waals surface area contributed by atoms with Crippen molar-refractivity contribution in [2.24, 2.45) is 0 Å². The number of likely N-dealkylation sites (N-methyl/N-ethyl adjacent to an activating group) is 1. The van der Waals surface area contributed by atoms with Crippen LogP contribution in [0.3, 0.4) is 0 Å². The third-order valence-electron chi connectivity index (χ3n) is 5.92. The number of hydrogen-bond acceptors (Lipinski definition) is 4. The zero-order chi connectivity index (χ0) is 20.6. The number of hydrogen-bond donors (Lipinski definition) is 2. The molecule has 3 amide bonds. The Labute approximate surface area is 174 Å². The molecule has 0 atom stereocenters. The topological polar surface area (TPSA) is 67.9 Å². The number of urea groups is 1. The minimum Gasteiger partial charge on any atom is -0.351 e. The van der Waals surface area contributed by atoms with Gasteiger partial charge in [0.15, 0.2) is 0 Å². The normalized spacial score (nSPS) is 18.2. The summed E-state index contributed by atoms with van der Waals surface area (Å²) in [6.07, 6.45) is 5.31. The van der Waals surface area contributed by atoms with Gasteiger partial charge in [-0.25, -0.2) is 4.79 Å². The maximum Gasteiger partial charge on any atom is 0.317 e. The molecule has 0 bridgehead atoms. The van der Waals surface area contributed by atoms with Gasteiger partial charge in [-0.1, -0.05) is 25.0 Å². The first-order valence-electron chi connectivity index (χ1n) is 10.8. The van der Waals surface area contributed by atoms with E-state index in [2.05, 4.69) is 15.5 Å². The molecule has 1 aromatic carbocycles. The molecular formula is C22H35N5O2. The lowest BCUT2D eigenvalue weighted by Gasteiger charge is -2.38. The molecule has 160 valence electrons. The Hall–Kier alpha value is -2.12. The monoisotopic (exact) mass is 401 g/mol. The van der Waals surface area contributed by atoms with Gasteiger partial charge in [0.05, 0.1) is 0 Å². The fraction of sp³-hybridized carbons (Fsp3) is 0.636. The Morgan fingerprint density at radius 2 is 1.79 bits per heavy atom. The van der Waals surface area contributed by atoms with E-state index in [4.69, 9.17) is 0 Å². The molecule has 2 N–H and O–H groups in total. The summed E-state index contributed by atoms with van der Waals surface area (Å²) >= 11 is 0. The quantitative estimate of drug-likeness (QED) is 0.730. The van der Waals surface area contributed by atoms with Crippen molar-refractivity contribution in [1.82, 2.24) is 25.3 Å². The predicted octanol–water partition coefficient (Wildman–Crippen LogP) is 1.75. The van der Waals surface area contributed by atoms with Crippen molar-refractivity contribution in [3.63, 3.8) is 0 Å². The molecule has 0 aromatic heterocycles. The number of benzene rings is 1. The van der Waals surface area contributed by atoms with Crippen LogP contribution in [-0.2, 0) is 6.54 Å². The van der Waals surface area contributed by atoms with E-state index in [1.165, 1.54) is 25.7 Å². The van der Waals surface area contributed by atoms with E-state index in [9.17, 15) is 9.59 Å². The Morgan fingerprint density at radius 1 is 1.07 bits per heavy atom. The second-order valence-electron chi connectivity index (χ2n) is 8.38. The molecule has 7 nitrogen and oxygen atoms in total. The Balaban J connectivity index is 1.42. The molecule has 3 rings (SSSR count). The van der Waals surface area contributed by atoms with Crippen LogP contribution < -0.4 is 10.6 Å². The molecule has 2 aliphatic rings. The summed E-state index contributed by atoms with van der Waals surface area (Å²) in [7, 11) is 3.95. The molecule has 0 spiro atoms. The molecule has 29 heavy (non-hydrogen) atoms. The zero-order valence-corrected chi connectivity index (χ0v) is 17.8. The summed E-state index contributed by atoms with van der Waals surface area (Å²) in [5.74, 6) is -0.0805. The lowest BCUT2D eigenvalue weighted by Crippen LogP contribution is -2.53. The van der Waals surface area contributed by atoms with Crippen LogP contribution in [0, 0.1) is 0 Å². The van der Waals surface area contributed by atoms with Crippen molar-refractivity contribution in [3.05, 3.63) is 35.4 Å². The van der Waals surface area contributed by atoms with Crippen molar-refractivity contribution >= 4 is 11.9 Å². The number of piperazine rings is 1. The third-order valence-corrected chi connectivity index (χ3v) is 5.92. The number of carbonyl (C=O) groups is 2. The van der Waals surface area contributed by atoms with E-state index in [1.54, 1.807) is 6.07 Å². The standard InChI is InChI=1S/C22H35N5O2/c1-25(2)11-10-23-21(28)19-7-5-6-18(16-19)17-24-22(29)27-14-12-26(13-15-27)20-8-3-4-9-20/h5-7,16,20H,3-4,8-15,17H2,1-2H3,(H,23,28)(H,24,29). The largest absolute Gasteiger partial charge is 0.351 e. The van der Waals surface area contributed by atoms with Crippen LogP contribution in [0.25, 0.3) is 0 Å². The van der Waals surface area contributed by atoms with E-state index < -0.39 is 0 Å². The van der Waals surface area contributed by atoms with Gasteiger partial charge in [-0.2, -0.15) is 0 Å². The van der Waals surface area contributed by atoms with E-state index in [-0.39, 0.29) is 11.9 Å². The van der Waals surface area contributed by atoms with Crippen molar-refractivity contribution in [1.29, 1.82) is 0 Å².